The third-order valence-electron chi connectivity index (χ3n) is 4.07. The van der Waals surface area contributed by atoms with Gasteiger partial charge in [-0.15, -0.1) is 0 Å². The molecule has 2 aliphatic heterocycles. The fourth-order valence-electron chi connectivity index (χ4n) is 2.76. The number of aliphatic hydroxyl groups is 1. The molecule has 22 heavy (non-hydrogen) atoms. The molecule has 0 aromatic rings. The van der Waals surface area contributed by atoms with Gasteiger partial charge < -0.3 is 19.3 Å². The maximum absolute atomic E-state index is 12.0. The van der Waals surface area contributed by atoms with Crippen molar-refractivity contribution in [3.8, 4) is 0 Å². The fraction of sp³-hybridized carbons (Fsp3) is 0.733. The Balaban J connectivity index is 1.82. The van der Waals surface area contributed by atoms with Crippen LogP contribution in [0.25, 0.3) is 0 Å². The lowest BCUT2D eigenvalue weighted by molar-refractivity contribution is -0.144. The molecule has 4 atom stereocenters. The summed E-state index contributed by atoms with van der Waals surface area (Å²) in [5, 5.41) is 10.2. The van der Waals surface area contributed by atoms with Crippen LogP contribution in [0.1, 0.15) is 32.1 Å². The van der Waals surface area contributed by atoms with Crippen LogP contribution in [-0.4, -0.2) is 54.5 Å². The number of rotatable bonds is 7. The molecular weight excluding hydrogens is 403 g/mol. The van der Waals surface area contributed by atoms with Gasteiger partial charge in [-0.25, -0.2) is 0 Å². The number of esters is 1. The summed E-state index contributed by atoms with van der Waals surface area (Å²) in [6, 6.07) is 0. The lowest BCUT2D eigenvalue weighted by Gasteiger charge is -2.36. The first-order chi connectivity index (χ1) is 10.5. The van der Waals surface area contributed by atoms with E-state index in [4.69, 9.17) is 9.47 Å². The first kappa shape index (κ1) is 17.8. The second-order valence-electron chi connectivity index (χ2n) is 5.72. The van der Waals surface area contributed by atoms with Crippen LogP contribution < -0.4 is 0 Å². The summed E-state index contributed by atoms with van der Waals surface area (Å²) in [5.41, 5.74) is -0.546. The maximum Gasteiger partial charge on any atom is 0.305 e. The van der Waals surface area contributed by atoms with Gasteiger partial charge in [-0.1, -0.05) is 22.6 Å². The van der Waals surface area contributed by atoms with Gasteiger partial charge in [-0.2, -0.15) is 0 Å². The van der Waals surface area contributed by atoms with Gasteiger partial charge in [0.2, 0.25) is 0 Å². The number of carbonyl (C=O) groups excluding carboxylic acids is 2. The maximum atomic E-state index is 12.0. The van der Waals surface area contributed by atoms with Gasteiger partial charge in [0, 0.05) is 25.7 Å². The molecule has 2 heterocycles. The SMILES string of the molecule is COC(=O)CCCC(=O)C[C@@H]1C[C@@]2(CO2)[C@H](O)[C@@H](/C=C/I)O1. The summed E-state index contributed by atoms with van der Waals surface area (Å²) in [7, 11) is 1.33. The van der Waals surface area contributed by atoms with E-state index in [9.17, 15) is 14.7 Å². The fourth-order valence-corrected chi connectivity index (χ4v) is 3.17. The number of hydrogen-bond acceptors (Lipinski definition) is 6. The monoisotopic (exact) mass is 424 g/mol. The number of hydrogen-bond donors (Lipinski definition) is 1. The molecule has 0 radical (unpaired) electrons. The van der Waals surface area contributed by atoms with Crippen LogP contribution in [-0.2, 0) is 23.8 Å². The number of aliphatic hydroxyl groups excluding tert-OH is 1. The van der Waals surface area contributed by atoms with E-state index in [-0.39, 0.29) is 30.7 Å². The van der Waals surface area contributed by atoms with Crippen LogP contribution in [0.15, 0.2) is 10.2 Å². The van der Waals surface area contributed by atoms with Gasteiger partial charge >= 0.3 is 5.97 Å². The molecule has 0 saturated carbocycles. The zero-order chi connectivity index (χ0) is 16.2. The van der Waals surface area contributed by atoms with Gasteiger partial charge in [0.05, 0.1) is 19.8 Å². The Bertz CT molecular complexity index is 445. The summed E-state index contributed by atoms with van der Waals surface area (Å²) < 4.78 is 17.6. The van der Waals surface area contributed by atoms with E-state index in [2.05, 4.69) is 27.3 Å². The third-order valence-corrected chi connectivity index (χ3v) is 4.49. The second-order valence-corrected chi connectivity index (χ2v) is 6.44. The lowest BCUT2D eigenvalue weighted by atomic mass is 9.87. The Kier molecular flexibility index (Phi) is 6.36. The van der Waals surface area contributed by atoms with Crippen LogP contribution in [0.5, 0.6) is 0 Å². The van der Waals surface area contributed by atoms with Gasteiger partial charge in [-0.05, 0) is 16.6 Å². The number of epoxide rings is 1. The number of methoxy groups -OCH3 is 1. The second kappa shape index (κ2) is 7.85. The molecule has 7 heteroatoms. The van der Waals surface area contributed by atoms with Crippen molar-refractivity contribution in [1.29, 1.82) is 0 Å². The van der Waals surface area contributed by atoms with E-state index in [0.717, 1.165) is 0 Å². The van der Waals surface area contributed by atoms with Crippen molar-refractivity contribution in [2.45, 2.75) is 56.0 Å². The highest BCUT2D eigenvalue weighted by atomic mass is 127. The minimum absolute atomic E-state index is 0.0540. The first-order valence-corrected chi connectivity index (χ1v) is 8.58. The first-order valence-electron chi connectivity index (χ1n) is 7.33. The average molecular weight is 424 g/mol. The number of ketones is 1. The molecule has 1 spiro atoms. The molecule has 2 aliphatic rings. The zero-order valence-corrected chi connectivity index (χ0v) is 14.7. The van der Waals surface area contributed by atoms with Crippen molar-refractivity contribution in [3.05, 3.63) is 10.2 Å². The molecule has 6 nitrogen and oxygen atoms in total. The zero-order valence-electron chi connectivity index (χ0n) is 12.5. The molecule has 0 aromatic carbocycles. The summed E-state index contributed by atoms with van der Waals surface area (Å²) in [4.78, 5) is 23.0. The lowest BCUT2D eigenvalue weighted by Crippen LogP contribution is -2.50. The highest BCUT2D eigenvalue weighted by molar-refractivity contribution is 14.1. The molecule has 2 fully saturated rings. The van der Waals surface area contributed by atoms with Crippen LogP contribution in [0.3, 0.4) is 0 Å². The number of halogens is 1. The minimum atomic E-state index is -0.691. The number of Topliss-reactive ketones (excluding diaryl/α,β-unsaturated/α-hetero) is 1. The molecule has 0 bridgehead atoms. The number of carbonyl (C=O) groups is 2. The Morgan fingerprint density at radius 2 is 2.18 bits per heavy atom. The van der Waals surface area contributed by atoms with Crippen LogP contribution >= 0.6 is 22.6 Å². The predicted octanol–water partition coefficient (Wildman–Crippen LogP) is 1.52. The van der Waals surface area contributed by atoms with E-state index < -0.39 is 17.8 Å². The highest BCUT2D eigenvalue weighted by Crippen LogP contribution is 2.43. The Labute approximate surface area is 143 Å². The van der Waals surface area contributed by atoms with Crippen molar-refractivity contribution in [1.82, 2.24) is 0 Å². The Hall–Kier alpha value is -0.510. The van der Waals surface area contributed by atoms with Crippen molar-refractivity contribution < 1.29 is 28.9 Å². The van der Waals surface area contributed by atoms with E-state index in [1.165, 1.54) is 7.11 Å². The summed E-state index contributed by atoms with van der Waals surface area (Å²) >= 11 is 2.07. The quantitative estimate of drug-likeness (QED) is 0.379. The largest absolute Gasteiger partial charge is 0.469 e. The van der Waals surface area contributed by atoms with Crippen LogP contribution in [0, 0.1) is 0 Å². The molecule has 0 aliphatic carbocycles. The van der Waals surface area contributed by atoms with Gasteiger partial charge in [-0.3, -0.25) is 9.59 Å². The number of ether oxygens (including phenoxy) is 3. The molecule has 1 N–H and O–H groups in total. The van der Waals surface area contributed by atoms with Crippen LogP contribution in [0.4, 0.5) is 0 Å². The molecule has 0 unspecified atom stereocenters. The van der Waals surface area contributed by atoms with Crippen molar-refractivity contribution in [2.75, 3.05) is 13.7 Å². The van der Waals surface area contributed by atoms with E-state index in [1.807, 2.05) is 0 Å². The average Bonchev–Trinajstić information content (AvgIpc) is 3.24. The van der Waals surface area contributed by atoms with Crippen molar-refractivity contribution >= 4 is 34.3 Å². The molecule has 0 amide bonds. The predicted molar refractivity (Wildman–Crippen MR) is 86.6 cm³/mol. The standard InChI is InChI=1S/C15H21IO6/c1-20-13(18)4-2-3-10(17)7-11-8-15(9-21-15)14(19)12(22-11)5-6-16/h5-6,11-12,14,19H,2-4,7-9H2,1H3/b6-5+/t11-,12-,14-,15-/m1/s1. The van der Waals surface area contributed by atoms with Crippen LogP contribution in [0.2, 0.25) is 0 Å². The molecule has 2 saturated heterocycles. The topological polar surface area (TPSA) is 85.4 Å². The molecular formula is C15H21IO6. The Morgan fingerprint density at radius 1 is 1.45 bits per heavy atom. The van der Waals surface area contributed by atoms with E-state index in [1.54, 1.807) is 10.2 Å². The molecule has 2 rings (SSSR count). The van der Waals surface area contributed by atoms with E-state index in [0.29, 0.717) is 25.9 Å². The van der Waals surface area contributed by atoms with Gasteiger partial charge in [0.15, 0.2) is 0 Å². The normalized spacial score (nSPS) is 34.0. The smallest absolute Gasteiger partial charge is 0.305 e. The third kappa shape index (κ3) is 4.50. The van der Waals surface area contributed by atoms with Gasteiger partial charge in [0.25, 0.3) is 0 Å². The summed E-state index contributed by atoms with van der Waals surface area (Å²) in [6.45, 7) is 0.510. The van der Waals surface area contributed by atoms with Crippen molar-refractivity contribution in [3.63, 3.8) is 0 Å². The minimum Gasteiger partial charge on any atom is -0.469 e. The summed E-state index contributed by atoms with van der Waals surface area (Å²) in [5.74, 6) is -0.249. The molecule has 0 aromatic heterocycles. The highest BCUT2D eigenvalue weighted by Gasteiger charge is 2.58. The Morgan fingerprint density at radius 3 is 2.77 bits per heavy atom. The molecule has 124 valence electrons. The van der Waals surface area contributed by atoms with E-state index >= 15 is 0 Å². The van der Waals surface area contributed by atoms with Crippen molar-refractivity contribution in [2.24, 2.45) is 0 Å². The van der Waals surface area contributed by atoms with Gasteiger partial charge in [0.1, 0.15) is 23.6 Å². The summed E-state index contributed by atoms with van der Waals surface area (Å²) in [6.07, 6.45) is 2.27.